The van der Waals surface area contributed by atoms with Gasteiger partial charge >= 0.3 is 0 Å². The van der Waals surface area contributed by atoms with Crippen LogP contribution < -0.4 is 0 Å². The molecule has 0 unspecified atom stereocenters. The van der Waals surface area contributed by atoms with Gasteiger partial charge in [0.05, 0.1) is 11.7 Å². The third-order valence-electron chi connectivity index (χ3n) is 18.3. The highest BCUT2D eigenvalue weighted by Crippen LogP contribution is 2.52. The van der Waals surface area contributed by atoms with Crippen molar-refractivity contribution < 1.29 is 0 Å². The summed E-state index contributed by atoms with van der Waals surface area (Å²) < 4.78 is 10.1. The zero-order valence-electron chi connectivity index (χ0n) is 55.0. The fraction of sp³-hybridized carbons (Fsp3) is 0.436. The molecule has 0 saturated heterocycles. The first-order valence-corrected chi connectivity index (χ1v) is 42.0. The van der Waals surface area contributed by atoms with Gasteiger partial charge in [-0.2, -0.15) is 24.2 Å². The summed E-state index contributed by atoms with van der Waals surface area (Å²) in [6.07, 6.45) is 35.9. The van der Waals surface area contributed by atoms with Crippen LogP contribution in [0.4, 0.5) is 0 Å². The lowest BCUT2D eigenvalue weighted by molar-refractivity contribution is 0.608. The van der Waals surface area contributed by atoms with Gasteiger partial charge in [-0.1, -0.05) is 180 Å². The van der Waals surface area contributed by atoms with Crippen LogP contribution in [0.3, 0.4) is 0 Å². The lowest BCUT2D eigenvalue weighted by Crippen LogP contribution is -1.86. The van der Waals surface area contributed by atoms with Crippen LogP contribution in [0.25, 0.3) is 112 Å². The normalized spacial score (nSPS) is 11.9. The number of H-pyrrole nitrogens is 1. The maximum Gasteiger partial charge on any atom is 0.121 e. The van der Waals surface area contributed by atoms with Crippen molar-refractivity contribution in [1.82, 2.24) is 24.2 Å². The molecule has 5 nitrogen and oxygen atoms in total. The molecule has 10 aromatic heterocycles. The van der Waals surface area contributed by atoms with Crippen molar-refractivity contribution in [1.29, 1.82) is 0 Å². The molecule has 0 aliphatic carbocycles. The zero-order valence-corrected chi connectivity index (χ0v) is 62.3. The Kier molecular flexibility index (Phi) is 24.3. The van der Waals surface area contributed by atoms with Gasteiger partial charge in [-0.05, 0) is 166 Å². The van der Waals surface area contributed by atoms with Crippen molar-refractivity contribution in [3.63, 3.8) is 0 Å². The molecule has 14 heteroatoms. The Morgan fingerprint density at radius 1 is 0.283 bits per heavy atom. The topological polar surface area (TPSA) is 67.3 Å². The molecule has 12 aromatic rings. The summed E-state index contributed by atoms with van der Waals surface area (Å²) in [5.74, 6) is 0. The minimum absolute atomic E-state index is 0.961. The van der Waals surface area contributed by atoms with Crippen LogP contribution in [0.15, 0.2) is 97.1 Å². The first-order valence-electron chi connectivity index (χ1n) is 34.7. The van der Waals surface area contributed by atoms with E-state index in [-0.39, 0.29) is 0 Å². The van der Waals surface area contributed by atoms with Crippen molar-refractivity contribution in [2.24, 2.45) is 0 Å². The summed E-state index contributed by atoms with van der Waals surface area (Å²) in [4.78, 5) is 22.0. The predicted molar refractivity (Wildman–Crippen MR) is 415 cm³/mol. The number of thiophene rings is 8. The molecule has 92 heavy (non-hydrogen) atoms. The number of rotatable bonds is 37. The van der Waals surface area contributed by atoms with Gasteiger partial charge in [-0.25, -0.2) is 0 Å². The highest BCUT2D eigenvalue weighted by atomic mass is 32.1. The van der Waals surface area contributed by atoms with E-state index in [1.54, 1.807) is 5.56 Å². The molecule has 10 heterocycles. The number of aryl methyl sites for hydroxylation is 6. The average molecular weight is 1390 g/mol. The molecular weight excluding hydrogens is 1300 g/mol. The molecule has 1 N–H and O–H groups in total. The molecule has 0 spiro atoms. The summed E-state index contributed by atoms with van der Waals surface area (Å²) in [6.45, 7) is 13.7. The largest absolute Gasteiger partial charge is 0.197 e. The maximum absolute atomic E-state index is 5.05. The number of nitrogens with one attached hydrogen (secondary N) is 1. The Morgan fingerprint density at radius 2 is 0.609 bits per heavy atom. The van der Waals surface area contributed by atoms with E-state index < -0.39 is 0 Å². The van der Waals surface area contributed by atoms with E-state index in [9.17, 15) is 0 Å². The molecule has 0 radical (unpaired) electrons. The van der Waals surface area contributed by atoms with E-state index >= 15 is 0 Å². The molecule has 0 bridgehead atoms. The van der Waals surface area contributed by atoms with Crippen molar-refractivity contribution in [3.8, 4) is 89.8 Å². The highest BCUT2D eigenvalue weighted by molar-refractivity contribution is 7.30. The van der Waals surface area contributed by atoms with E-state index in [0.29, 0.717) is 0 Å². The van der Waals surface area contributed by atoms with Crippen LogP contribution in [0.2, 0.25) is 0 Å². The number of hydrogen-bond donors (Lipinski definition) is 1. The number of fused-ring (bicyclic) bond motifs is 2. The van der Waals surface area contributed by atoms with E-state index in [2.05, 4.69) is 154 Å². The van der Waals surface area contributed by atoms with Crippen molar-refractivity contribution in [2.75, 3.05) is 0 Å². The molecular formula is C78H91N5S9. The van der Waals surface area contributed by atoms with Gasteiger partial charge in [0.2, 0.25) is 0 Å². The smallest absolute Gasteiger partial charge is 0.121 e. The van der Waals surface area contributed by atoms with Crippen LogP contribution in [0.5, 0.6) is 0 Å². The van der Waals surface area contributed by atoms with Gasteiger partial charge in [0.25, 0.3) is 0 Å². The van der Waals surface area contributed by atoms with E-state index in [0.717, 1.165) is 46.9 Å². The summed E-state index contributed by atoms with van der Waals surface area (Å²) in [6, 6.07) is 38.2. The third-order valence-corrected chi connectivity index (χ3v) is 29.0. The minimum Gasteiger partial charge on any atom is -0.197 e. The highest BCUT2D eigenvalue weighted by Gasteiger charge is 2.24. The number of aromatic nitrogens is 5. The van der Waals surface area contributed by atoms with E-state index in [1.807, 2.05) is 90.7 Å². The Labute approximate surface area is 584 Å². The molecule has 0 fully saturated rings. The number of aromatic amines is 1. The molecule has 0 amide bonds. The van der Waals surface area contributed by atoms with Gasteiger partial charge in [0.1, 0.15) is 22.1 Å². The SMILES string of the molecule is CCCCCCCCc1cc(C)sc1-c1ccc(-c2sc(-c3ccc(-c4ccc(-c5ccc(-c6cc(CCCCCCCC)c(-c7ccc(-c8sc(-c9ccc(C)c%10n[nH]nc9%10)cc8CCCCCCCC)s7)s6)s5)c5nsnc45)s3)cc2CCCCCCCC)s1. The Balaban J connectivity index is 0.798. The zero-order chi connectivity index (χ0) is 63.2. The summed E-state index contributed by atoms with van der Waals surface area (Å²) >= 11 is 17.1. The van der Waals surface area contributed by atoms with Gasteiger partial charge in [0, 0.05) is 94.7 Å². The molecule has 12 rings (SSSR count). The minimum atomic E-state index is 0.961. The molecule has 0 atom stereocenters. The fourth-order valence-corrected chi connectivity index (χ4v) is 23.2. The quantitative estimate of drug-likeness (QED) is 0.0394. The maximum atomic E-state index is 5.05. The van der Waals surface area contributed by atoms with Crippen molar-refractivity contribution >= 4 is 124 Å². The first-order chi connectivity index (χ1) is 45.3. The average Bonchev–Trinajstić information content (AvgIpc) is 1.62. The second-order valence-electron chi connectivity index (χ2n) is 25.4. The van der Waals surface area contributed by atoms with Gasteiger partial charge < -0.3 is 0 Å². The molecule has 482 valence electrons. The van der Waals surface area contributed by atoms with Crippen LogP contribution >= 0.6 is 102 Å². The van der Waals surface area contributed by atoms with Crippen LogP contribution in [-0.2, 0) is 25.7 Å². The summed E-state index contributed by atoms with van der Waals surface area (Å²) in [5.41, 5.74) is 14.6. The Hall–Kier alpha value is -4.74. The van der Waals surface area contributed by atoms with Gasteiger partial charge in [0.15, 0.2) is 0 Å². The van der Waals surface area contributed by atoms with Crippen LogP contribution in [0, 0.1) is 13.8 Å². The number of unbranched alkanes of at least 4 members (excludes halogenated alkanes) is 20. The van der Waals surface area contributed by atoms with Crippen LogP contribution in [-0.4, -0.2) is 24.2 Å². The molecule has 0 saturated carbocycles. The third kappa shape index (κ3) is 16.2. The number of benzene rings is 2. The lowest BCUT2D eigenvalue weighted by atomic mass is 10.0. The fourth-order valence-electron chi connectivity index (χ4n) is 13.1. The summed E-state index contributed by atoms with van der Waals surface area (Å²) in [7, 11) is 0. The summed E-state index contributed by atoms with van der Waals surface area (Å²) in [5, 5.41) is 12.1. The molecule has 0 aliphatic heterocycles. The second kappa shape index (κ2) is 33.3. The monoisotopic (exact) mass is 1390 g/mol. The van der Waals surface area contributed by atoms with Crippen LogP contribution in [0.1, 0.15) is 214 Å². The Morgan fingerprint density at radius 3 is 1.05 bits per heavy atom. The standard InChI is InChI=1S/C78H91N5S9/c1-7-11-15-19-23-27-31-53-47-52(6)84-75(53)64-43-44-66(87-64)77-55(33-29-25-21-17-13-9-3)49-69(90-77)62-41-39-60(85-62)57-37-38-58(74-73(57)81-92-82-74)61-40-42-63(86-61)70-50-56(34-30-26-22-18-14-10-4)78(91-70)67-46-45-65(88-67)76-54(32-28-24-20-16-12-8-2)48-68(89-76)59-36-35-51(5)71-72(59)80-83-79-71/h35-50H,7-34H2,1-6H3,(H,79,80,83). The number of hydrogen-bond acceptors (Lipinski definition) is 13. The number of nitrogens with zero attached hydrogens (tertiary/aromatic N) is 4. The van der Waals surface area contributed by atoms with E-state index in [4.69, 9.17) is 8.75 Å². The van der Waals surface area contributed by atoms with Gasteiger partial charge in [-0.15, -0.1) is 90.7 Å². The van der Waals surface area contributed by atoms with E-state index in [1.165, 1.54) is 284 Å². The lowest BCUT2D eigenvalue weighted by Gasteiger charge is -2.04. The molecule has 2 aromatic carbocycles. The second-order valence-corrected chi connectivity index (χ2v) is 34.7. The molecule has 0 aliphatic rings. The van der Waals surface area contributed by atoms with Gasteiger partial charge in [-0.3, -0.25) is 0 Å². The first kappa shape index (κ1) is 67.2. The predicted octanol–water partition coefficient (Wildman–Crippen LogP) is 28.7. The van der Waals surface area contributed by atoms with Crippen molar-refractivity contribution in [3.05, 3.63) is 130 Å². The Bertz CT molecular complexity index is 4270. The van der Waals surface area contributed by atoms with Crippen molar-refractivity contribution in [2.45, 2.75) is 221 Å².